The highest BCUT2D eigenvalue weighted by Crippen LogP contribution is 2.02. The molecule has 0 spiro atoms. The summed E-state index contributed by atoms with van der Waals surface area (Å²) in [7, 11) is 0. The van der Waals surface area contributed by atoms with Gasteiger partial charge in [-0.3, -0.25) is 14.5 Å². The van der Waals surface area contributed by atoms with Crippen LogP contribution in [0.3, 0.4) is 0 Å². The van der Waals surface area contributed by atoms with Crippen LogP contribution in [0.25, 0.3) is 0 Å². The predicted molar refractivity (Wildman–Crippen MR) is 57.3 cm³/mol. The zero-order valence-electron chi connectivity index (χ0n) is 10.1. The van der Waals surface area contributed by atoms with Gasteiger partial charge in [0, 0.05) is 0 Å². The van der Waals surface area contributed by atoms with Crippen molar-refractivity contribution < 1.29 is 14.5 Å². The Labute approximate surface area is 91.5 Å². The number of hydroxylamine groups is 3. The maximum atomic E-state index is 5.15. The Balaban J connectivity index is 4.16. The molecule has 0 unspecified atom stereocenters. The standard InChI is InChI=1S/C9H23N3O3/c1-5-9(10-13-6-2,11-14-7-3)12-15-8-4/h10-12H,5-8H2,1-4H3. The van der Waals surface area contributed by atoms with Gasteiger partial charge in [-0.25, -0.2) is 0 Å². The Morgan fingerprint density at radius 3 is 1.27 bits per heavy atom. The molecule has 0 amide bonds. The van der Waals surface area contributed by atoms with Gasteiger partial charge in [0.15, 0.2) is 5.79 Å². The average Bonchev–Trinajstić information content (AvgIpc) is 2.29. The van der Waals surface area contributed by atoms with Gasteiger partial charge in [0.2, 0.25) is 0 Å². The monoisotopic (exact) mass is 221 g/mol. The lowest BCUT2D eigenvalue weighted by molar-refractivity contribution is -0.179. The van der Waals surface area contributed by atoms with E-state index in [1.165, 1.54) is 0 Å². The lowest BCUT2D eigenvalue weighted by Gasteiger charge is -2.33. The highest BCUT2D eigenvalue weighted by Gasteiger charge is 2.28. The highest BCUT2D eigenvalue weighted by atomic mass is 16.7. The summed E-state index contributed by atoms with van der Waals surface area (Å²) in [6.45, 7) is 9.35. The molecule has 0 aliphatic rings. The minimum Gasteiger partial charge on any atom is -0.299 e. The van der Waals surface area contributed by atoms with Crippen molar-refractivity contribution in [1.29, 1.82) is 0 Å². The first-order valence-electron chi connectivity index (χ1n) is 5.41. The van der Waals surface area contributed by atoms with E-state index in [4.69, 9.17) is 14.5 Å². The molecule has 6 heteroatoms. The molecule has 0 saturated heterocycles. The molecular formula is C9H23N3O3. The van der Waals surface area contributed by atoms with Gasteiger partial charge in [0.25, 0.3) is 0 Å². The summed E-state index contributed by atoms with van der Waals surface area (Å²) in [6.07, 6.45) is 0.688. The smallest absolute Gasteiger partial charge is 0.188 e. The Morgan fingerprint density at radius 2 is 1.07 bits per heavy atom. The molecule has 0 bridgehead atoms. The molecule has 0 rings (SSSR count). The van der Waals surface area contributed by atoms with E-state index in [0.29, 0.717) is 26.2 Å². The third kappa shape index (κ3) is 6.03. The van der Waals surface area contributed by atoms with E-state index in [1.807, 2.05) is 27.7 Å². The zero-order valence-corrected chi connectivity index (χ0v) is 10.1. The molecule has 0 aromatic rings. The van der Waals surface area contributed by atoms with Gasteiger partial charge in [-0.2, -0.15) is 16.4 Å². The van der Waals surface area contributed by atoms with Crippen LogP contribution in [0.5, 0.6) is 0 Å². The fourth-order valence-electron chi connectivity index (χ4n) is 0.865. The molecule has 15 heavy (non-hydrogen) atoms. The molecule has 0 saturated carbocycles. The molecule has 0 aromatic carbocycles. The van der Waals surface area contributed by atoms with Crippen LogP contribution >= 0.6 is 0 Å². The fraction of sp³-hybridized carbons (Fsp3) is 1.00. The molecule has 0 radical (unpaired) electrons. The minimum absolute atomic E-state index is 0.559. The Hall–Kier alpha value is -0.240. The van der Waals surface area contributed by atoms with Crippen molar-refractivity contribution in [1.82, 2.24) is 16.4 Å². The van der Waals surface area contributed by atoms with Gasteiger partial charge >= 0.3 is 0 Å². The van der Waals surface area contributed by atoms with E-state index in [0.717, 1.165) is 0 Å². The lowest BCUT2D eigenvalue weighted by atomic mass is 10.3. The average molecular weight is 221 g/mol. The molecule has 0 aliphatic carbocycles. The first-order chi connectivity index (χ1) is 7.24. The molecule has 0 heterocycles. The first kappa shape index (κ1) is 14.8. The van der Waals surface area contributed by atoms with Crippen LogP contribution < -0.4 is 16.4 Å². The van der Waals surface area contributed by atoms with Crippen LogP contribution in [0.1, 0.15) is 34.1 Å². The van der Waals surface area contributed by atoms with Crippen LogP contribution in [0.2, 0.25) is 0 Å². The minimum atomic E-state index is -0.720. The van der Waals surface area contributed by atoms with E-state index >= 15 is 0 Å². The maximum Gasteiger partial charge on any atom is 0.188 e. The molecule has 0 atom stereocenters. The second-order valence-electron chi connectivity index (χ2n) is 2.86. The second kappa shape index (κ2) is 9.02. The normalized spacial score (nSPS) is 12.0. The third-order valence-electron chi connectivity index (χ3n) is 1.70. The second-order valence-corrected chi connectivity index (χ2v) is 2.86. The van der Waals surface area contributed by atoms with Crippen molar-refractivity contribution in [3.8, 4) is 0 Å². The largest absolute Gasteiger partial charge is 0.299 e. The summed E-state index contributed by atoms with van der Waals surface area (Å²) in [4.78, 5) is 15.4. The third-order valence-corrected chi connectivity index (χ3v) is 1.70. The number of hydrogen-bond acceptors (Lipinski definition) is 6. The van der Waals surface area contributed by atoms with E-state index in [-0.39, 0.29) is 0 Å². The van der Waals surface area contributed by atoms with Crippen LogP contribution in [0, 0.1) is 0 Å². The Kier molecular flexibility index (Phi) is 8.88. The van der Waals surface area contributed by atoms with Crippen LogP contribution in [0.15, 0.2) is 0 Å². The number of nitrogens with one attached hydrogen (secondary N) is 3. The number of rotatable bonds is 10. The first-order valence-corrected chi connectivity index (χ1v) is 5.41. The van der Waals surface area contributed by atoms with E-state index < -0.39 is 5.79 Å². The van der Waals surface area contributed by atoms with Crippen LogP contribution in [0.4, 0.5) is 0 Å². The topological polar surface area (TPSA) is 63.8 Å². The predicted octanol–water partition coefficient (Wildman–Crippen LogP) is 0.674. The Bertz CT molecular complexity index is 125. The highest BCUT2D eigenvalue weighted by molar-refractivity contribution is 4.69. The molecular weight excluding hydrogens is 198 g/mol. The van der Waals surface area contributed by atoms with Crippen LogP contribution in [-0.2, 0) is 14.5 Å². The van der Waals surface area contributed by atoms with Gasteiger partial charge in [-0.05, 0) is 27.2 Å². The van der Waals surface area contributed by atoms with Crippen molar-refractivity contribution in [3.63, 3.8) is 0 Å². The fourth-order valence-corrected chi connectivity index (χ4v) is 0.865. The Morgan fingerprint density at radius 1 is 0.733 bits per heavy atom. The maximum absolute atomic E-state index is 5.15. The summed E-state index contributed by atoms with van der Waals surface area (Å²) in [6, 6.07) is 0. The van der Waals surface area contributed by atoms with Crippen molar-refractivity contribution >= 4 is 0 Å². The summed E-state index contributed by atoms with van der Waals surface area (Å²) >= 11 is 0. The molecule has 6 nitrogen and oxygen atoms in total. The summed E-state index contributed by atoms with van der Waals surface area (Å²) in [5, 5.41) is 0. The van der Waals surface area contributed by atoms with Gasteiger partial charge < -0.3 is 0 Å². The van der Waals surface area contributed by atoms with E-state index in [1.54, 1.807) is 0 Å². The van der Waals surface area contributed by atoms with Gasteiger partial charge in [-0.15, -0.1) is 0 Å². The summed E-state index contributed by atoms with van der Waals surface area (Å²) in [5.41, 5.74) is 8.49. The SMILES string of the molecule is CCONC(CC)(NOCC)NOCC. The molecule has 0 aromatic heterocycles. The van der Waals surface area contributed by atoms with Gasteiger partial charge in [0.1, 0.15) is 0 Å². The summed E-state index contributed by atoms with van der Waals surface area (Å²) in [5.74, 6) is -0.720. The van der Waals surface area contributed by atoms with Crippen molar-refractivity contribution in [2.75, 3.05) is 19.8 Å². The summed E-state index contributed by atoms with van der Waals surface area (Å²) < 4.78 is 0. The van der Waals surface area contributed by atoms with E-state index in [9.17, 15) is 0 Å². The quantitative estimate of drug-likeness (QED) is 0.372. The van der Waals surface area contributed by atoms with Gasteiger partial charge in [-0.1, -0.05) is 6.92 Å². The van der Waals surface area contributed by atoms with E-state index in [2.05, 4.69) is 16.4 Å². The van der Waals surface area contributed by atoms with Gasteiger partial charge in [0.05, 0.1) is 19.8 Å². The van der Waals surface area contributed by atoms with Crippen molar-refractivity contribution in [2.24, 2.45) is 0 Å². The molecule has 92 valence electrons. The molecule has 0 aliphatic heterocycles. The zero-order chi connectivity index (χ0) is 11.6. The lowest BCUT2D eigenvalue weighted by Crippen LogP contribution is -2.65. The molecule has 3 N–H and O–H groups in total. The molecule has 0 fully saturated rings. The number of hydrogen-bond donors (Lipinski definition) is 3. The van der Waals surface area contributed by atoms with Crippen molar-refractivity contribution in [2.45, 2.75) is 39.9 Å². The van der Waals surface area contributed by atoms with Crippen LogP contribution in [-0.4, -0.2) is 25.6 Å². The van der Waals surface area contributed by atoms with Crippen molar-refractivity contribution in [3.05, 3.63) is 0 Å².